The van der Waals surface area contributed by atoms with Crippen molar-refractivity contribution in [2.45, 2.75) is 18.7 Å². The third kappa shape index (κ3) is 3.27. The second-order valence-electron chi connectivity index (χ2n) is 4.44. The molecule has 100 valence electrons. The van der Waals surface area contributed by atoms with Gasteiger partial charge in [-0.05, 0) is 26.0 Å². The Morgan fingerprint density at radius 2 is 1.94 bits per heavy atom. The minimum absolute atomic E-state index is 0.320. The van der Waals surface area contributed by atoms with Crippen LogP contribution < -0.4 is 4.72 Å². The van der Waals surface area contributed by atoms with Gasteiger partial charge in [-0.15, -0.1) is 0 Å². The minimum atomic E-state index is -4.05. The quantitative estimate of drug-likeness (QED) is 0.846. The summed E-state index contributed by atoms with van der Waals surface area (Å²) in [6.07, 6.45) is 0. The maximum atomic E-state index is 13.3. The van der Waals surface area contributed by atoms with E-state index in [0.29, 0.717) is 0 Å². The number of hydrogen-bond acceptors (Lipinski definition) is 3. The molecule has 0 radical (unpaired) electrons. The van der Waals surface area contributed by atoms with Crippen LogP contribution in [0.5, 0.6) is 0 Å². The summed E-state index contributed by atoms with van der Waals surface area (Å²) in [5.74, 6) is -2.02. The molecule has 18 heavy (non-hydrogen) atoms. The number of rotatable bonds is 5. The van der Waals surface area contributed by atoms with Gasteiger partial charge in [0.1, 0.15) is 10.7 Å². The molecule has 7 heteroatoms. The van der Waals surface area contributed by atoms with E-state index in [2.05, 4.69) is 4.72 Å². The van der Waals surface area contributed by atoms with Crippen LogP contribution in [0.15, 0.2) is 29.2 Å². The second-order valence-corrected chi connectivity index (χ2v) is 6.18. The van der Waals surface area contributed by atoms with Crippen molar-refractivity contribution in [1.82, 2.24) is 4.72 Å². The van der Waals surface area contributed by atoms with Gasteiger partial charge in [-0.1, -0.05) is 12.1 Å². The summed E-state index contributed by atoms with van der Waals surface area (Å²) >= 11 is 0. The predicted octanol–water partition coefficient (Wildman–Crippen LogP) is 1.21. The van der Waals surface area contributed by atoms with Gasteiger partial charge < -0.3 is 5.11 Å². The first kappa shape index (κ1) is 14.6. The molecule has 1 aromatic carbocycles. The van der Waals surface area contributed by atoms with Crippen molar-refractivity contribution in [3.05, 3.63) is 30.1 Å². The van der Waals surface area contributed by atoms with Crippen LogP contribution in [0.3, 0.4) is 0 Å². The van der Waals surface area contributed by atoms with E-state index in [4.69, 9.17) is 5.11 Å². The first-order valence-electron chi connectivity index (χ1n) is 5.14. The van der Waals surface area contributed by atoms with Crippen molar-refractivity contribution in [3.63, 3.8) is 0 Å². The highest BCUT2D eigenvalue weighted by atomic mass is 32.2. The van der Waals surface area contributed by atoms with Crippen molar-refractivity contribution in [1.29, 1.82) is 0 Å². The summed E-state index contributed by atoms with van der Waals surface area (Å²) in [4.78, 5) is 10.3. The van der Waals surface area contributed by atoms with Gasteiger partial charge in [0.25, 0.3) is 0 Å². The smallest absolute Gasteiger partial charge is 0.310 e. The number of carboxylic acids is 1. The molecular weight excluding hydrogens is 261 g/mol. The lowest BCUT2D eigenvalue weighted by molar-refractivity contribution is -0.146. The van der Waals surface area contributed by atoms with E-state index in [0.717, 1.165) is 12.1 Å². The van der Waals surface area contributed by atoms with E-state index >= 15 is 0 Å². The molecule has 0 aliphatic heterocycles. The van der Waals surface area contributed by atoms with Gasteiger partial charge in [0, 0.05) is 6.54 Å². The number of halogens is 1. The maximum Gasteiger partial charge on any atom is 0.310 e. The van der Waals surface area contributed by atoms with E-state index in [9.17, 15) is 17.6 Å². The number of carbonyl (C=O) groups is 1. The predicted molar refractivity (Wildman–Crippen MR) is 63.0 cm³/mol. The van der Waals surface area contributed by atoms with E-state index in [1.807, 2.05) is 0 Å². The van der Waals surface area contributed by atoms with Gasteiger partial charge in [-0.3, -0.25) is 4.79 Å². The highest BCUT2D eigenvalue weighted by Crippen LogP contribution is 2.17. The molecule has 5 nitrogen and oxygen atoms in total. The summed E-state index contributed by atoms with van der Waals surface area (Å²) in [6.45, 7) is 2.43. The van der Waals surface area contributed by atoms with Gasteiger partial charge >= 0.3 is 5.97 Å². The molecule has 0 bridgehead atoms. The summed E-state index contributed by atoms with van der Waals surface area (Å²) in [5, 5.41) is 8.85. The molecule has 0 aliphatic carbocycles. The number of carboxylic acid groups (broad SMARTS) is 1. The summed E-state index contributed by atoms with van der Waals surface area (Å²) in [6, 6.07) is 4.90. The second kappa shape index (κ2) is 5.03. The van der Waals surface area contributed by atoms with Crippen molar-refractivity contribution in [2.24, 2.45) is 5.41 Å². The van der Waals surface area contributed by atoms with Crippen LogP contribution in [-0.4, -0.2) is 26.0 Å². The number of nitrogens with one attached hydrogen (secondary N) is 1. The average Bonchev–Trinajstić information content (AvgIpc) is 2.27. The zero-order valence-corrected chi connectivity index (χ0v) is 10.8. The summed E-state index contributed by atoms with van der Waals surface area (Å²) in [7, 11) is -4.05. The summed E-state index contributed by atoms with van der Waals surface area (Å²) in [5.41, 5.74) is -1.27. The van der Waals surface area contributed by atoms with Crippen LogP contribution in [0.4, 0.5) is 4.39 Å². The molecule has 0 amide bonds. The van der Waals surface area contributed by atoms with E-state index in [1.165, 1.54) is 26.0 Å². The molecule has 0 heterocycles. The number of aliphatic carboxylic acids is 1. The fourth-order valence-electron chi connectivity index (χ4n) is 1.09. The van der Waals surface area contributed by atoms with E-state index < -0.39 is 32.1 Å². The van der Waals surface area contributed by atoms with Crippen molar-refractivity contribution < 1.29 is 22.7 Å². The standard InChI is InChI=1S/C11H14FNO4S/c1-11(2,10(14)15)7-13-18(16,17)9-6-4-3-5-8(9)12/h3-6,13H,7H2,1-2H3,(H,14,15). The van der Waals surface area contributed by atoms with Crippen LogP contribution in [0, 0.1) is 11.2 Å². The first-order chi connectivity index (χ1) is 8.17. The minimum Gasteiger partial charge on any atom is -0.481 e. The Labute approximate surface area is 105 Å². The monoisotopic (exact) mass is 275 g/mol. The van der Waals surface area contributed by atoms with E-state index in [1.54, 1.807) is 0 Å². The van der Waals surface area contributed by atoms with Gasteiger partial charge in [-0.25, -0.2) is 17.5 Å². The van der Waals surface area contributed by atoms with Gasteiger partial charge in [-0.2, -0.15) is 0 Å². The molecule has 1 aromatic rings. The largest absolute Gasteiger partial charge is 0.481 e. The Bertz CT molecular complexity index is 554. The molecule has 0 aromatic heterocycles. The van der Waals surface area contributed by atoms with Gasteiger partial charge in [0.2, 0.25) is 10.0 Å². The number of benzene rings is 1. The van der Waals surface area contributed by atoms with Crippen LogP contribution in [-0.2, 0) is 14.8 Å². The third-order valence-corrected chi connectivity index (χ3v) is 3.84. The molecule has 0 saturated carbocycles. The molecule has 0 saturated heterocycles. The Morgan fingerprint density at radius 1 is 1.39 bits per heavy atom. The van der Waals surface area contributed by atoms with Gasteiger partial charge in [0.05, 0.1) is 5.41 Å². The fraction of sp³-hybridized carbons (Fsp3) is 0.364. The topological polar surface area (TPSA) is 83.5 Å². The lowest BCUT2D eigenvalue weighted by atomic mass is 9.95. The zero-order valence-electron chi connectivity index (χ0n) is 9.97. The molecule has 0 aliphatic rings. The normalized spacial score (nSPS) is 12.4. The van der Waals surface area contributed by atoms with Crippen molar-refractivity contribution >= 4 is 16.0 Å². The molecular formula is C11H14FNO4S. The molecule has 0 atom stereocenters. The molecule has 0 unspecified atom stereocenters. The Balaban J connectivity index is 2.92. The number of sulfonamides is 1. The van der Waals surface area contributed by atoms with Gasteiger partial charge in [0.15, 0.2) is 0 Å². The first-order valence-corrected chi connectivity index (χ1v) is 6.63. The third-order valence-electron chi connectivity index (χ3n) is 2.41. The Kier molecular flexibility index (Phi) is 4.08. The van der Waals surface area contributed by atoms with Crippen LogP contribution in [0.1, 0.15) is 13.8 Å². The van der Waals surface area contributed by atoms with Crippen molar-refractivity contribution in [2.75, 3.05) is 6.54 Å². The summed E-state index contributed by atoms with van der Waals surface area (Å²) < 4.78 is 39.0. The molecule has 2 N–H and O–H groups in total. The Hall–Kier alpha value is -1.47. The van der Waals surface area contributed by atoms with Crippen molar-refractivity contribution in [3.8, 4) is 0 Å². The Morgan fingerprint density at radius 3 is 2.44 bits per heavy atom. The molecule has 0 fully saturated rings. The zero-order chi connectivity index (χ0) is 14.0. The average molecular weight is 275 g/mol. The lowest BCUT2D eigenvalue weighted by Gasteiger charge is -2.19. The fourth-order valence-corrected chi connectivity index (χ4v) is 2.38. The van der Waals surface area contributed by atoms with Crippen LogP contribution in [0.25, 0.3) is 0 Å². The molecule has 0 spiro atoms. The molecule has 1 rings (SSSR count). The van der Waals surface area contributed by atoms with E-state index in [-0.39, 0.29) is 6.54 Å². The van der Waals surface area contributed by atoms with Crippen LogP contribution >= 0.6 is 0 Å². The SMILES string of the molecule is CC(C)(CNS(=O)(=O)c1ccccc1F)C(=O)O. The lowest BCUT2D eigenvalue weighted by Crippen LogP contribution is -2.39. The highest BCUT2D eigenvalue weighted by molar-refractivity contribution is 7.89. The number of hydrogen-bond donors (Lipinski definition) is 2. The van der Waals surface area contributed by atoms with Crippen LogP contribution in [0.2, 0.25) is 0 Å². The maximum absolute atomic E-state index is 13.3. The highest BCUT2D eigenvalue weighted by Gasteiger charge is 2.30.